The number of nitrogens with zero attached hydrogens (tertiary/aromatic N) is 2. The number of aromatic nitrogens is 2. The summed E-state index contributed by atoms with van der Waals surface area (Å²) in [6.45, 7) is 10.00. The summed E-state index contributed by atoms with van der Waals surface area (Å²) in [5, 5.41) is 0. The van der Waals surface area contributed by atoms with Gasteiger partial charge in [-0.1, -0.05) is 13.8 Å². The Morgan fingerprint density at radius 1 is 1.19 bits per heavy atom. The Bertz CT molecular complexity index is 667. The van der Waals surface area contributed by atoms with E-state index in [1.807, 2.05) is 39.2 Å². The van der Waals surface area contributed by atoms with E-state index in [4.69, 9.17) is 5.73 Å². The lowest BCUT2D eigenvalue weighted by Crippen LogP contribution is -2.26. The number of imidazole rings is 1. The van der Waals surface area contributed by atoms with Gasteiger partial charge in [0, 0.05) is 17.0 Å². The summed E-state index contributed by atoms with van der Waals surface area (Å²) in [7, 11) is 0. The molecule has 0 saturated carbocycles. The highest BCUT2D eigenvalue weighted by atomic mass is 19.1. The summed E-state index contributed by atoms with van der Waals surface area (Å²) in [6, 6.07) is 3.31. The molecule has 0 aliphatic carbocycles. The fourth-order valence-corrected chi connectivity index (χ4v) is 2.42. The van der Waals surface area contributed by atoms with Crippen LogP contribution in [0.2, 0.25) is 0 Å². The van der Waals surface area contributed by atoms with Crippen LogP contribution in [0.1, 0.15) is 46.4 Å². The third-order valence-electron chi connectivity index (χ3n) is 3.31. The van der Waals surface area contributed by atoms with E-state index < -0.39 is 11.6 Å². The van der Waals surface area contributed by atoms with Crippen LogP contribution in [0.5, 0.6) is 0 Å². The molecule has 1 aromatic heterocycles. The van der Waals surface area contributed by atoms with E-state index >= 15 is 0 Å². The Morgan fingerprint density at radius 2 is 1.81 bits per heavy atom. The van der Waals surface area contributed by atoms with E-state index in [1.54, 1.807) is 0 Å². The van der Waals surface area contributed by atoms with Crippen molar-refractivity contribution in [3.63, 3.8) is 0 Å². The van der Waals surface area contributed by atoms with Crippen molar-refractivity contribution in [1.82, 2.24) is 9.55 Å². The third-order valence-corrected chi connectivity index (χ3v) is 3.31. The fraction of sp³-hybridized carbons (Fsp3) is 0.438. The number of halogens is 2. The molecule has 21 heavy (non-hydrogen) atoms. The Balaban J connectivity index is 2.74. The van der Waals surface area contributed by atoms with Crippen molar-refractivity contribution in [2.24, 2.45) is 0 Å². The lowest BCUT2D eigenvalue weighted by atomic mass is 10.1. The molecule has 0 atom stereocenters. The Kier molecular flexibility index (Phi) is 3.78. The van der Waals surface area contributed by atoms with E-state index in [9.17, 15) is 8.78 Å². The molecule has 1 heterocycles. The van der Waals surface area contributed by atoms with Gasteiger partial charge in [-0.15, -0.1) is 0 Å². The summed E-state index contributed by atoms with van der Waals surface area (Å²) in [6.07, 6.45) is 0. The summed E-state index contributed by atoms with van der Waals surface area (Å²) in [5.41, 5.74) is 6.29. The molecular weight excluding hydrogens is 272 g/mol. The summed E-state index contributed by atoms with van der Waals surface area (Å²) >= 11 is 0. The van der Waals surface area contributed by atoms with Crippen LogP contribution in [-0.4, -0.2) is 9.55 Å². The maximum absolute atomic E-state index is 14.0. The smallest absolute Gasteiger partial charge is 0.132 e. The fourth-order valence-electron chi connectivity index (χ4n) is 2.42. The van der Waals surface area contributed by atoms with E-state index in [0.717, 1.165) is 24.0 Å². The minimum atomic E-state index is -0.531. The maximum atomic E-state index is 14.0. The second-order valence-electron chi connectivity index (χ2n) is 6.49. The zero-order valence-corrected chi connectivity index (χ0v) is 13.0. The van der Waals surface area contributed by atoms with Crippen LogP contribution < -0.4 is 5.73 Å². The molecule has 5 heteroatoms. The zero-order chi connectivity index (χ0) is 15.9. The number of hydrogen-bond acceptors (Lipinski definition) is 2. The van der Waals surface area contributed by atoms with Gasteiger partial charge in [0.2, 0.25) is 0 Å². The predicted octanol–water partition coefficient (Wildman–Crippen LogP) is 4.29. The molecule has 2 N–H and O–H groups in total. The second-order valence-corrected chi connectivity index (χ2v) is 6.49. The quantitative estimate of drug-likeness (QED) is 0.897. The standard InChI is InChI=1S/C16H21F2N3/c1-9(2)15-20-13(14(19)21(15)16(3,4)5)11-8-10(17)6-7-12(11)18/h6-9H,19H2,1-5H3. The monoisotopic (exact) mass is 293 g/mol. The summed E-state index contributed by atoms with van der Waals surface area (Å²) < 4.78 is 29.3. The summed E-state index contributed by atoms with van der Waals surface area (Å²) in [4.78, 5) is 4.48. The topological polar surface area (TPSA) is 43.8 Å². The van der Waals surface area contributed by atoms with E-state index in [1.165, 1.54) is 0 Å². The minimum Gasteiger partial charge on any atom is -0.383 e. The highest BCUT2D eigenvalue weighted by Gasteiger charge is 2.27. The SMILES string of the molecule is CC(C)c1nc(-c2cc(F)ccc2F)c(N)n1C(C)(C)C. The van der Waals surface area contributed by atoms with E-state index in [2.05, 4.69) is 4.98 Å². The van der Waals surface area contributed by atoms with Crippen LogP contribution in [0.15, 0.2) is 18.2 Å². The van der Waals surface area contributed by atoms with Gasteiger partial charge in [0.1, 0.15) is 29.0 Å². The van der Waals surface area contributed by atoms with Crippen molar-refractivity contribution >= 4 is 5.82 Å². The van der Waals surface area contributed by atoms with Gasteiger partial charge in [0.05, 0.1) is 0 Å². The van der Waals surface area contributed by atoms with Crippen LogP contribution in [-0.2, 0) is 5.54 Å². The van der Waals surface area contributed by atoms with Crippen molar-refractivity contribution in [2.45, 2.75) is 46.1 Å². The van der Waals surface area contributed by atoms with Gasteiger partial charge in [0.15, 0.2) is 0 Å². The van der Waals surface area contributed by atoms with E-state index in [0.29, 0.717) is 11.5 Å². The molecule has 0 unspecified atom stereocenters. The van der Waals surface area contributed by atoms with Crippen molar-refractivity contribution < 1.29 is 8.78 Å². The Morgan fingerprint density at radius 3 is 2.29 bits per heavy atom. The first kappa shape index (κ1) is 15.5. The molecule has 2 rings (SSSR count). The average Bonchev–Trinajstić information content (AvgIpc) is 2.70. The lowest BCUT2D eigenvalue weighted by molar-refractivity contribution is 0.382. The van der Waals surface area contributed by atoms with Gasteiger partial charge >= 0.3 is 0 Å². The van der Waals surface area contributed by atoms with Crippen molar-refractivity contribution in [3.8, 4) is 11.3 Å². The molecule has 0 spiro atoms. The minimum absolute atomic E-state index is 0.0948. The van der Waals surface area contributed by atoms with Gasteiger partial charge in [-0.3, -0.25) is 0 Å². The first-order valence-electron chi connectivity index (χ1n) is 6.97. The molecule has 0 saturated heterocycles. The molecule has 0 amide bonds. The molecule has 0 bridgehead atoms. The maximum Gasteiger partial charge on any atom is 0.132 e. The summed E-state index contributed by atoms with van der Waals surface area (Å²) in [5.74, 6) is 0.199. The molecule has 0 fully saturated rings. The van der Waals surface area contributed by atoms with Crippen LogP contribution in [0, 0.1) is 11.6 Å². The van der Waals surface area contributed by atoms with Crippen LogP contribution in [0.3, 0.4) is 0 Å². The molecule has 2 aromatic rings. The van der Waals surface area contributed by atoms with Gasteiger partial charge in [-0.05, 0) is 39.0 Å². The van der Waals surface area contributed by atoms with Gasteiger partial charge in [-0.2, -0.15) is 0 Å². The predicted molar refractivity (Wildman–Crippen MR) is 81.1 cm³/mol. The molecule has 0 radical (unpaired) electrons. The second kappa shape index (κ2) is 5.13. The number of nitrogens with two attached hydrogens (primary N) is 1. The number of benzene rings is 1. The van der Waals surface area contributed by atoms with Crippen molar-refractivity contribution in [2.75, 3.05) is 5.73 Å². The van der Waals surface area contributed by atoms with Gasteiger partial charge < -0.3 is 10.3 Å². The van der Waals surface area contributed by atoms with Crippen molar-refractivity contribution in [3.05, 3.63) is 35.7 Å². The average molecular weight is 293 g/mol. The largest absolute Gasteiger partial charge is 0.383 e. The number of nitrogen functional groups attached to an aromatic ring is 1. The van der Waals surface area contributed by atoms with Crippen molar-refractivity contribution in [1.29, 1.82) is 0 Å². The zero-order valence-electron chi connectivity index (χ0n) is 13.0. The molecule has 0 aliphatic heterocycles. The third kappa shape index (κ3) is 2.77. The Hall–Kier alpha value is -1.91. The first-order chi connectivity index (χ1) is 9.62. The Labute approximate surface area is 123 Å². The normalized spacial score (nSPS) is 12.2. The van der Waals surface area contributed by atoms with Gasteiger partial charge in [0.25, 0.3) is 0 Å². The first-order valence-corrected chi connectivity index (χ1v) is 6.97. The molecule has 0 aliphatic rings. The number of rotatable bonds is 2. The van der Waals surface area contributed by atoms with E-state index in [-0.39, 0.29) is 17.0 Å². The number of hydrogen-bond donors (Lipinski definition) is 1. The molecule has 1 aromatic carbocycles. The van der Waals surface area contributed by atoms with Crippen LogP contribution >= 0.6 is 0 Å². The highest BCUT2D eigenvalue weighted by Crippen LogP contribution is 2.35. The number of anilines is 1. The molecule has 114 valence electrons. The van der Waals surface area contributed by atoms with Gasteiger partial charge in [-0.25, -0.2) is 13.8 Å². The van der Waals surface area contributed by atoms with Crippen LogP contribution in [0.25, 0.3) is 11.3 Å². The molecular formula is C16H21F2N3. The molecule has 3 nitrogen and oxygen atoms in total. The highest BCUT2D eigenvalue weighted by molar-refractivity contribution is 5.72. The van der Waals surface area contributed by atoms with Crippen LogP contribution in [0.4, 0.5) is 14.6 Å². The lowest BCUT2D eigenvalue weighted by Gasteiger charge is -2.26.